The zero-order chi connectivity index (χ0) is 13.1. The van der Waals surface area contributed by atoms with Gasteiger partial charge in [0.1, 0.15) is 16.4 Å². The molecule has 8 heteroatoms. The van der Waals surface area contributed by atoms with Crippen LogP contribution in [0.5, 0.6) is 0 Å². The molecular formula is C10H14N6OS. The van der Waals surface area contributed by atoms with Crippen molar-refractivity contribution < 1.29 is 4.79 Å². The molecule has 2 aromatic heterocycles. The largest absolute Gasteiger partial charge is 0.382 e. The van der Waals surface area contributed by atoms with Gasteiger partial charge < -0.3 is 20.9 Å². The fraction of sp³-hybridized carbons (Fsp3) is 0.300. The van der Waals surface area contributed by atoms with Crippen LogP contribution in [-0.4, -0.2) is 26.9 Å². The number of hydrogen-bond donors (Lipinski definition) is 3. The third-order valence-corrected chi connectivity index (χ3v) is 3.32. The second kappa shape index (κ2) is 5.05. The Bertz CT molecular complexity index is 560. The summed E-state index contributed by atoms with van der Waals surface area (Å²) in [6.45, 7) is 0.509. The van der Waals surface area contributed by atoms with Crippen LogP contribution in [0.4, 0.5) is 10.8 Å². The Balaban J connectivity index is 2.15. The molecule has 96 valence electrons. The van der Waals surface area contributed by atoms with Gasteiger partial charge in [-0.15, -0.1) is 0 Å². The number of hydrogen-bond acceptors (Lipinski definition) is 6. The van der Waals surface area contributed by atoms with Crippen LogP contribution >= 0.6 is 11.5 Å². The first-order valence-corrected chi connectivity index (χ1v) is 6.08. The van der Waals surface area contributed by atoms with E-state index in [1.165, 1.54) is 0 Å². The molecule has 1 amide bonds. The van der Waals surface area contributed by atoms with Crippen molar-refractivity contribution in [2.75, 3.05) is 18.1 Å². The summed E-state index contributed by atoms with van der Waals surface area (Å²) in [5, 5.41) is 6.31. The van der Waals surface area contributed by atoms with Gasteiger partial charge in [0.05, 0.1) is 6.54 Å². The third kappa shape index (κ3) is 2.28. The molecule has 0 saturated carbocycles. The highest BCUT2D eigenvalue weighted by molar-refractivity contribution is 7.11. The topological polar surface area (TPSA) is 97.9 Å². The first-order chi connectivity index (χ1) is 8.63. The van der Waals surface area contributed by atoms with E-state index in [0.29, 0.717) is 17.1 Å². The van der Waals surface area contributed by atoms with E-state index in [1.807, 2.05) is 17.8 Å². The zero-order valence-electron chi connectivity index (χ0n) is 10.1. The third-order valence-electron chi connectivity index (χ3n) is 2.50. The zero-order valence-corrected chi connectivity index (χ0v) is 10.9. The lowest BCUT2D eigenvalue weighted by Gasteiger charge is -2.06. The summed E-state index contributed by atoms with van der Waals surface area (Å²) in [7, 11) is 3.46. The lowest BCUT2D eigenvalue weighted by molar-refractivity contribution is 0.0965. The minimum Gasteiger partial charge on any atom is -0.382 e. The van der Waals surface area contributed by atoms with Gasteiger partial charge in [-0.25, -0.2) is 4.98 Å². The maximum absolute atomic E-state index is 11.7. The lowest BCUT2D eigenvalue weighted by Crippen LogP contribution is -2.20. The van der Waals surface area contributed by atoms with E-state index in [0.717, 1.165) is 17.4 Å². The Kier molecular flexibility index (Phi) is 3.47. The summed E-state index contributed by atoms with van der Waals surface area (Å²) in [4.78, 5) is 15.8. The van der Waals surface area contributed by atoms with Gasteiger partial charge in [-0.1, -0.05) is 0 Å². The van der Waals surface area contributed by atoms with E-state index in [2.05, 4.69) is 20.0 Å². The number of rotatable bonds is 4. The second-order valence-corrected chi connectivity index (χ2v) is 4.43. The van der Waals surface area contributed by atoms with Gasteiger partial charge >= 0.3 is 0 Å². The maximum Gasteiger partial charge on any atom is 0.257 e. The summed E-state index contributed by atoms with van der Waals surface area (Å²) in [5.74, 6) is 0.857. The second-order valence-electron chi connectivity index (χ2n) is 3.66. The molecule has 0 radical (unpaired) electrons. The Morgan fingerprint density at radius 2 is 2.39 bits per heavy atom. The van der Waals surface area contributed by atoms with Gasteiger partial charge in [0, 0.05) is 26.5 Å². The first-order valence-electron chi connectivity index (χ1n) is 5.30. The van der Waals surface area contributed by atoms with Crippen molar-refractivity contribution in [1.82, 2.24) is 19.2 Å². The average Bonchev–Trinajstić information content (AvgIpc) is 2.92. The van der Waals surface area contributed by atoms with Crippen molar-refractivity contribution in [2.45, 2.75) is 6.54 Å². The van der Waals surface area contributed by atoms with Crippen LogP contribution in [0, 0.1) is 0 Å². The number of imidazole rings is 1. The number of nitrogens with one attached hydrogen (secondary N) is 2. The highest BCUT2D eigenvalue weighted by atomic mass is 32.1. The molecule has 0 aliphatic heterocycles. The van der Waals surface area contributed by atoms with E-state index < -0.39 is 0 Å². The summed E-state index contributed by atoms with van der Waals surface area (Å²) in [6.07, 6.45) is 3.58. The maximum atomic E-state index is 11.7. The Hall–Kier alpha value is -2.09. The number of nitrogens with two attached hydrogens (primary N) is 1. The average molecular weight is 266 g/mol. The van der Waals surface area contributed by atoms with Crippen LogP contribution in [-0.2, 0) is 13.6 Å². The van der Waals surface area contributed by atoms with Crippen LogP contribution in [0.1, 0.15) is 16.2 Å². The van der Waals surface area contributed by atoms with Crippen LogP contribution in [0.25, 0.3) is 0 Å². The Labute approximate surface area is 108 Å². The van der Waals surface area contributed by atoms with Gasteiger partial charge in [-0.3, -0.25) is 4.79 Å². The molecule has 0 unspecified atom stereocenters. The molecule has 18 heavy (non-hydrogen) atoms. The van der Waals surface area contributed by atoms with Gasteiger partial charge in [-0.2, -0.15) is 4.37 Å². The van der Waals surface area contributed by atoms with Crippen molar-refractivity contribution >= 4 is 28.3 Å². The van der Waals surface area contributed by atoms with Crippen molar-refractivity contribution in [3.05, 3.63) is 23.8 Å². The molecule has 0 aliphatic carbocycles. The molecule has 2 aromatic rings. The molecule has 0 atom stereocenters. The van der Waals surface area contributed by atoms with Crippen molar-refractivity contribution in [1.29, 1.82) is 0 Å². The molecule has 0 fully saturated rings. The number of amides is 1. The number of carbonyl (C=O) groups excluding carboxylic acids is 1. The summed E-state index contributed by atoms with van der Waals surface area (Å²) >= 11 is 1.16. The Morgan fingerprint density at radius 3 is 3.00 bits per heavy atom. The van der Waals surface area contributed by atoms with E-state index >= 15 is 0 Å². The quantitative estimate of drug-likeness (QED) is 0.745. The van der Waals surface area contributed by atoms with Gasteiger partial charge in [0.2, 0.25) is 0 Å². The summed E-state index contributed by atoms with van der Waals surface area (Å²) < 4.78 is 5.88. The molecule has 0 aromatic carbocycles. The number of nitrogen functional groups attached to an aromatic ring is 1. The normalized spacial score (nSPS) is 10.3. The fourth-order valence-electron chi connectivity index (χ4n) is 1.49. The first kappa shape index (κ1) is 12.4. The molecule has 7 nitrogen and oxygen atoms in total. The number of aryl methyl sites for hydroxylation is 1. The number of carbonyl (C=O) groups is 1. The highest BCUT2D eigenvalue weighted by Crippen LogP contribution is 2.26. The highest BCUT2D eigenvalue weighted by Gasteiger charge is 2.18. The minimum atomic E-state index is -0.247. The molecule has 0 saturated heterocycles. The van der Waals surface area contributed by atoms with Crippen molar-refractivity contribution in [3.8, 4) is 0 Å². The van der Waals surface area contributed by atoms with E-state index in [9.17, 15) is 4.79 Å². The molecule has 0 aliphatic rings. The minimum absolute atomic E-state index is 0.238. The number of nitrogens with zero attached hydrogens (tertiary/aromatic N) is 3. The monoisotopic (exact) mass is 266 g/mol. The van der Waals surface area contributed by atoms with Crippen molar-refractivity contribution in [2.24, 2.45) is 7.05 Å². The standard InChI is InChI=1S/C10H14N6OS/c1-12-9(17)7-8(11)15-18-10(7)14-5-6-13-3-4-16(6)2/h3-4,14H,5H2,1-2H3,(H2,11,15)(H,12,17). The van der Waals surface area contributed by atoms with E-state index in [1.54, 1.807) is 13.2 Å². The predicted molar refractivity (Wildman–Crippen MR) is 70.5 cm³/mol. The molecule has 0 bridgehead atoms. The summed E-state index contributed by atoms with van der Waals surface area (Å²) in [6, 6.07) is 0. The van der Waals surface area contributed by atoms with Crippen LogP contribution < -0.4 is 16.4 Å². The SMILES string of the molecule is CNC(=O)c1c(N)nsc1NCc1nccn1C. The number of aromatic nitrogens is 3. The van der Waals surface area contributed by atoms with Gasteiger partial charge in [-0.05, 0) is 11.5 Å². The lowest BCUT2D eigenvalue weighted by atomic mass is 10.3. The van der Waals surface area contributed by atoms with Crippen LogP contribution in [0.15, 0.2) is 12.4 Å². The Morgan fingerprint density at radius 1 is 1.61 bits per heavy atom. The van der Waals surface area contributed by atoms with Crippen LogP contribution in [0.2, 0.25) is 0 Å². The van der Waals surface area contributed by atoms with Crippen LogP contribution in [0.3, 0.4) is 0 Å². The molecule has 4 N–H and O–H groups in total. The number of anilines is 2. The predicted octanol–water partition coefficient (Wildman–Crippen LogP) is 0.430. The molecule has 2 heterocycles. The fourth-order valence-corrected chi connectivity index (χ4v) is 2.20. The van der Waals surface area contributed by atoms with E-state index in [-0.39, 0.29) is 11.7 Å². The smallest absolute Gasteiger partial charge is 0.257 e. The summed E-state index contributed by atoms with van der Waals surface area (Å²) in [5.41, 5.74) is 6.06. The molecule has 0 spiro atoms. The molecular weight excluding hydrogens is 252 g/mol. The van der Waals surface area contributed by atoms with Gasteiger partial charge in [0.25, 0.3) is 5.91 Å². The van der Waals surface area contributed by atoms with Gasteiger partial charge in [0.15, 0.2) is 5.82 Å². The van der Waals surface area contributed by atoms with Crippen molar-refractivity contribution in [3.63, 3.8) is 0 Å². The molecule has 2 rings (SSSR count). The van der Waals surface area contributed by atoms with E-state index in [4.69, 9.17) is 5.73 Å².